The number of nitrogens with zero attached hydrogens (tertiary/aromatic N) is 2. The topological polar surface area (TPSA) is 57.3 Å². The Hall–Kier alpha value is -2.63. The van der Waals surface area contributed by atoms with Crippen molar-refractivity contribution in [2.75, 3.05) is 25.0 Å². The lowest BCUT2D eigenvalue weighted by Gasteiger charge is -2.32. The molecule has 1 saturated heterocycles. The van der Waals surface area contributed by atoms with Crippen LogP contribution in [-0.2, 0) is 0 Å². The Bertz CT molecular complexity index is 1090. The van der Waals surface area contributed by atoms with Crippen molar-refractivity contribution in [2.24, 2.45) is 0 Å². The first kappa shape index (κ1) is 22.6. The molecule has 0 aliphatic carbocycles. The van der Waals surface area contributed by atoms with Crippen molar-refractivity contribution in [3.8, 4) is 0 Å². The van der Waals surface area contributed by atoms with Crippen LogP contribution in [0.5, 0.6) is 0 Å². The SMILES string of the molecule is CCCCN1CCC(NC(=O)c2cccc(C)c2Nc2ccnc3cc(Cl)ccc23)CC1. The molecule has 3 aromatic rings. The maximum Gasteiger partial charge on any atom is 0.253 e. The minimum absolute atomic E-state index is 0.0235. The summed E-state index contributed by atoms with van der Waals surface area (Å²) in [7, 11) is 0. The Morgan fingerprint density at radius 3 is 2.78 bits per heavy atom. The van der Waals surface area contributed by atoms with Gasteiger partial charge in [-0.3, -0.25) is 9.78 Å². The Labute approximate surface area is 195 Å². The van der Waals surface area contributed by atoms with Crippen molar-refractivity contribution in [2.45, 2.75) is 45.6 Å². The summed E-state index contributed by atoms with van der Waals surface area (Å²) in [5.74, 6) is -0.0235. The van der Waals surface area contributed by atoms with Crippen molar-refractivity contribution in [3.63, 3.8) is 0 Å². The number of fused-ring (bicyclic) bond motifs is 1. The van der Waals surface area contributed by atoms with Gasteiger partial charge >= 0.3 is 0 Å². The number of unbranched alkanes of at least 4 members (excludes halogenated alkanes) is 1. The third-order valence-corrected chi connectivity index (χ3v) is 6.47. The number of carbonyl (C=O) groups excluding carboxylic acids is 1. The molecular formula is C26H31ClN4O. The van der Waals surface area contributed by atoms with E-state index >= 15 is 0 Å². The van der Waals surface area contributed by atoms with Gasteiger partial charge in [-0.25, -0.2) is 0 Å². The predicted octanol–water partition coefficient (Wildman–Crippen LogP) is 5.93. The fourth-order valence-corrected chi connectivity index (χ4v) is 4.50. The number of aromatic nitrogens is 1. The van der Waals surface area contributed by atoms with Crippen LogP contribution in [0.3, 0.4) is 0 Å². The highest BCUT2D eigenvalue weighted by atomic mass is 35.5. The Balaban J connectivity index is 1.51. The third-order valence-electron chi connectivity index (χ3n) is 6.23. The van der Waals surface area contributed by atoms with Crippen LogP contribution in [0.2, 0.25) is 5.02 Å². The molecule has 2 heterocycles. The molecule has 168 valence electrons. The normalized spacial score (nSPS) is 15.1. The number of amides is 1. The number of anilines is 2. The first-order valence-electron chi connectivity index (χ1n) is 11.5. The van der Waals surface area contributed by atoms with E-state index in [2.05, 4.69) is 27.4 Å². The number of nitrogens with one attached hydrogen (secondary N) is 2. The highest BCUT2D eigenvalue weighted by molar-refractivity contribution is 6.31. The summed E-state index contributed by atoms with van der Waals surface area (Å²) in [6.07, 6.45) is 6.22. The number of halogens is 1. The Morgan fingerprint density at radius 1 is 1.19 bits per heavy atom. The number of pyridine rings is 1. The van der Waals surface area contributed by atoms with Gasteiger partial charge < -0.3 is 15.5 Å². The minimum Gasteiger partial charge on any atom is -0.354 e. The lowest BCUT2D eigenvalue weighted by atomic mass is 10.0. The van der Waals surface area contributed by atoms with Gasteiger partial charge in [0.15, 0.2) is 0 Å². The second kappa shape index (κ2) is 10.3. The number of hydrogen-bond donors (Lipinski definition) is 2. The van der Waals surface area contributed by atoms with E-state index in [1.807, 2.05) is 49.4 Å². The molecule has 1 aromatic heterocycles. The van der Waals surface area contributed by atoms with Crippen molar-refractivity contribution in [1.82, 2.24) is 15.2 Å². The highest BCUT2D eigenvalue weighted by Gasteiger charge is 2.22. The molecule has 6 heteroatoms. The molecule has 5 nitrogen and oxygen atoms in total. The summed E-state index contributed by atoms with van der Waals surface area (Å²) in [6, 6.07) is 13.7. The fourth-order valence-electron chi connectivity index (χ4n) is 4.33. The number of piperidine rings is 1. The van der Waals surface area contributed by atoms with Gasteiger partial charge in [0.25, 0.3) is 5.91 Å². The van der Waals surface area contributed by atoms with Crippen LogP contribution in [0.1, 0.15) is 48.5 Å². The van der Waals surface area contributed by atoms with Crippen LogP contribution in [0.4, 0.5) is 11.4 Å². The van der Waals surface area contributed by atoms with E-state index in [0.717, 1.165) is 60.3 Å². The molecule has 0 saturated carbocycles. The van der Waals surface area contributed by atoms with Crippen LogP contribution in [-0.4, -0.2) is 41.5 Å². The number of rotatable bonds is 7. The number of benzene rings is 2. The fraction of sp³-hybridized carbons (Fsp3) is 0.385. The largest absolute Gasteiger partial charge is 0.354 e. The van der Waals surface area contributed by atoms with E-state index in [1.165, 1.54) is 12.8 Å². The van der Waals surface area contributed by atoms with E-state index in [-0.39, 0.29) is 11.9 Å². The molecule has 0 atom stereocenters. The second-order valence-electron chi connectivity index (χ2n) is 8.59. The molecule has 1 aliphatic rings. The number of carbonyl (C=O) groups is 1. The van der Waals surface area contributed by atoms with Crippen LogP contribution in [0, 0.1) is 6.92 Å². The van der Waals surface area contributed by atoms with Crippen LogP contribution in [0.15, 0.2) is 48.7 Å². The number of hydrogen-bond acceptors (Lipinski definition) is 4. The summed E-state index contributed by atoms with van der Waals surface area (Å²) in [4.78, 5) is 20.2. The molecule has 0 unspecified atom stereocenters. The molecule has 1 fully saturated rings. The van der Waals surface area contributed by atoms with Crippen molar-refractivity contribution >= 4 is 39.8 Å². The second-order valence-corrected chi connectivity index (χ2v) is 9.02. The Kier molecular flexibility index (Phi) is 7.28. The third kappa shape index (κ3) is 5.22. The summed E-state index contributed by atoms with van der Waals surface area (Å²) >= 11 is 6.13. The van der Waals surface area contributed by atoms with E-state index in [4.69, 9.17) is 11.6 Å². The summed E-state index contributed by atoms with van der Waals surface area (Å²) in [6.45, 7) is 7.51. The Morgan fingerprint density at radius 2 is 2.00 bits per heavy atom. The maximum absolute atomic E-state index is 13.2. The number of para-hydroxylation sites is 1. The van der Waals surface area contributed by atoms with Gasteiger partial charge in [-0.15, -0.1) is 0 Å². The van der Waals surface area contributed by atoms with Crippen LogP contribution >= 0.6 is 11.6 Å². The van der Waals surface area contributed by atoms with Gasteiger partial charge in [-0.2, -0.15) is 0 Å². The summed E-state index contributed by atoms with van der Waals surface area (Å²) in [5, 5.41) is 8.39. The van der Waals surface area contributed by atoms with Gasteiger partial charge in [0.1, 0.15) is 0 Å². The molecule has 2 N–H and O–H groups in total. The molecule has 32 heavy (non-hydrogen) atoms. The summed E-state index contributed by atoms with van der Waals surface area (Å²) < 4.78 is 0. The van der Waals surface area contributed by atoms with Gasteiger partial charge in [-0.05, 0) is 68.6 Å². The van der Waals surface area contributed by atoms with Gasteiger partial charge in [-0.1, -0.05) is 37.1 Å². The zero-order valence-corrected chi connectivity index (χ0v) is 19.6. The zero-order valence-electron chi connectivity index (χ0n) is 18.8. The maximum atomic E-state index is 13.2. The predicted molar refractivity (Wildman–Crippen MR) is 133 cm³/mol. The molecule has 0 spiro atoms. The molecule has 2 aromatic carbocycles. The van der Waals surface area contributed by atoms with Crippen molar-refractivity contribution < 1.29 is 4.79 Å². The molecule has 0 radical (unpaired) electrons. The lowest BCUT2D eigenvalue weighted by Crippen LogP contribution is -2.45. The average molecular weight is 451 g/mol. The van der Waals surface area contributed by atoms with Crippen LogP contribution in [0.25, 0.3) is 10.9 Å². The van der Waals surface area contributed by atoms with E-state index in [9.17, 15) is 4.79 Å². The standard InChI is InChI=1S/C26H31ClN4O/c1-3-4-14-31-15-11-20(12-16-31)29-26(32)22-7-5-6-18(2)25(22)30-23-10-13-28-24-17-19(27)8-9-21(23)24/h5-10,13,17,20H,3-4,11-12,14-16H2,1-2H3,(H,28,30)(H,29,32). The molecule has 4 rings (SSSR count). The van der Waals surface area contributed by atoms with Gasteiger partial charge in [0.2, 0.25) is 0 Å². The first-order chi connectivity index (χ1) is 15.5. The number of likely N-dealkylation sites (tertiary alicyclic amines) is 1. The monoisotopic (exact) mass is 450 g/mol. The minimum atomic E-state index is -0.0235. The van der Waals surface area contributed by atoms with Crippen molar-refractivity contribution in [3.05, 3.63) is 64.8 Å². The zero-order chi connectivity index (χ0) is 22.5. The van der Waals surface area contributed by atoms with E-state index < -0.39 is 0 Å². The molecule has 0 bridgehead atoms. The van der Waals surface area contributed by atoms with E-state index in [0.29, 0.717) is 10.6 Å². The molecule has 1 aliphatic heterocycles. The van der Waals surface area contributed by atoms with Gasteiger partial charge in [0, 0.05) is 41.4 Å². The highest BCUT2D eigenvalue weighted by Crippen LogP contribution is 2.30. The summed E-state index contributed by atoms with van der Waals surface area (Å²) in [5.41, 5.74) is 4.23. The number of aryl methyl sites for hydroxylation is 1. The van der Waals surface area contributed by atoms with Crippen LogP contribution < -0.4 is 10.6 Å². The average Bonchev–Trinajstić information content (AvgIpc) is 2.79. The quantitative estimate of drug-likeness (QED) is 0.468. The van der Waals surface area contributed by atoms with Gasteiger partial charge in [0.05, 0.1) is 16.8 Å². The molecule has 1 amide bonds. The first-order valence-corrected chi connectivity index (χ1v) is 11.9. The van der Waals surface area contributed by atoms with Crippen molar-refractivity contribution in [1.29, 1.82) is 0 Å². The lowest BCUT2D eigenvalue weighted by molar-refractivity contribution is 0.0911. The smallest absolute Gasteiger partial charge is 0.253 e. The van der Waals surface area contributed by atoms with E-state index in [1.54, 1.807) is 6.20 Å². The molecular weight excluding hydrogens is 420 g/mol.